The summed E-state index contributed by atoms with van der Waals surface area (Å²) in [6.07, 6.45) is 4.45. The fraction of sp³-hybridized carbons (Fsp3) is 0.800. The third-order valence-corrected chi connectivity index (χ3v) is 1.92. The smallest absolute Gasteiger partial charge is 0.223 e. The summed E-state index contributed by atoms with van der Waals surface area (Å²) in [4.78, 5) is 12.8. The first-order valence-electron chi connectivity index (χ1n) is 4.83. The maximum absolute atomic E-state index is 11.0. The molecule has 0 rings (SSSR count). The Balaban J connectivity index is 3.62. The zero-order valence-corrected chi connectivity index (χ0v) is 8.31. The average molecular weight is 170 g/mol. The van der Waals surface area contributed by atoms with E-state index in [4.69, 9.17) is 0 Å². The number of amides is 1. The molecule has 0 aliphatic carbocycles. The topological polar surface area (TPSA) is 20.3 Å². The van der Waals surface area contributed by atoms with Crippen LogP contribution in [0.1, 0.15) is 39.5 Å². The van der Waals surface area contributed by atoms with E-state index in [0.29, 0.717) is 0 Å². The maximum Gasteiger partial charge on any atom is 0.223 e. The van der Waals surface area contributed by atoms with Gasteiger partial charge in [-0.15, -0.1) is 0 Å². The van der Waals surface area contributed by atoms with Crippen LogP contribution in [0.5, 0.6) is 0 Å². The van der Waals surface area contributed by atoms with Crippen LogP contribution in [0.4, 0.5) is 0 Å². The Bertz CT molecular complexity index is 115. The van der Waals surface area contributed by atoms with Gasteiger partial charge in [-0.25, -0.2) is 0 Å². The van der Waals surface area contributed by atoms with Gasteiger partial charge >= 0.3 is 0 Å². The van der Waals surface area contributed by atoms with E-state index in [1.54, 1.807) is 0 Å². The van der Waals surface area contributed by atoms with Crippen LogP contribution >= 0.6 is 0 Å². The lowest BCUT2D eigenvalue weighted by Gasteiger charge is -2.19. The molecule has 1 amide bonds. The summed E-state index contributed by atoms with van der Waals surface area (Å²) in [5.74, 6) is -0.0306. The molecule has 0 aromatic carbocycles. The van der Waals surface area contributed by atoms with Crippen molar-refractivity contribution in [3.05, 3.63) is 6.92 Å². The molecule has 0 atom stereocenters. The van der Waals surface area contributed by atoms with E-state index in [9.17, 15) is 4.79 Å². The summed E-state index contributed by atoms with van der Waals surface area (Å²) in [6.45, 7) is 9.44. The van der Waals surface area contributed by atoms with Crippen LogP contribution in [-0.2, 0) is 4.79 Å². The van der Waals surface area contributed by atoms with Gasteiger partial charge in [0.25, 0.3) is 0 Å². The number of rotatable bonds is 6. The lowest BCUT2D eigenvalue weighted by Crippen LogP contribution is -2.30. The van der Waals surface area contributed by atoms with Crippen LogP contribution in [0.15, 0.2) is 0 Å². The standard InChI is InChI=1S/C10H20NO/c1-4-6-8-11(10(3)12)9-7-5-2/h3-9H2,1-2H3. The van der Waals surface area contributed by atoms with Gasteiger partial charge in [0.05, 0.1) is 0 Å². The van der Waals surface area contributed by atoms with Crippen molar-refractivity contribution in [3.63, 3.8) is 0 Å². The molecule has 0 fully saturated rings. The van der Waals surface area contributed by atoms with Gasteiger partial charge in [0.15, 0.2) is 0 Å². The van der Waals surface area contributed by atoms with Crippen molar-refractivity contribution >= 4 is 5.91 Å². The Morgan fingerprint density at radius 2 is 1.58 bits per heavy atom. The molecule has 12 heavy (non-hydrogen) atoms. The molecule has 0 N–H and O–H groups in total. The molecule has 0 heterocycles. The Labute approximate surface area is 75.9 Å². The second kappa shape index (κ2) is 7.14. The monoisotopic (exact) mass is 170 g/mol. The molecule has 0 aromatic rings. The maximum atomic E-state index is 11.0. The highest BCUT2D eigenvalue weighted by molar-refractivity contribution is 5.80. The van der Waals surface area contributed by atoms with E-state index in [-0.39, 0.29) is 5.91 Å². The molecular formula is C10H20NO. The van der Waals surface area contributed by atoms with Crippen molar-refractivity contribution in [3.8, 4) is 0 Å². The summed E-state index contributed by atoms with van der Waals surface area (Å²) in [5, 5.41) is 0. The second-order valence-corrected chi connectivity index (χ2v) is 3.09. The van der Waals surface area contributed by atoms with E-state index in [0.717, 1.165) is 38.8 Å². The van der Waals surface area contributed by atoms with Crippen LogP contribution in [0.25, 0.3) is 0 Å². The van der Waals surface area contributed by atoms with Gasteiger partial charge in [-0.1, -0.05) is 26.7 Å². The molecule has 71 valence electrons. The molecule has 0 unspecified atom stereocenters. The van der Waals surface area contributed by atoms with Gasteiger partial charge in [0.2, 0.25) is 5.91 Å². The third kappa shape index (κ3) is 5.16. The fourth-order valence-electron chi connectivity index (χ4n) is 1.06. The largest absolute Gasteiger partial charge is 0.343 e. The second-order valence-electron chi connectivity index (χ2n) is 3.09. The summed E-state index contributed by atoms with van der Waals surface area (Å²) in [6, 6.07) is 0. The van der Waals surface area contributed by atoms with Crippen LogP contribution in [0.3, 0.4) is 0 Å². The number of unbranched alkanes of at least 4 members (excludes halogenated alkanes) is 2. The van der Waals surface area contributed by atoms with Gasteiger partial charge in [0, 0.05) is 20.0 Å². The Hall–Kier alpha value is -0.530. The van der Waals surface area contributed by atoms with Gasteiger partial charge in [-0.2, -0.15) is 0 Å². The molecule has 0 bridgehead atoms. The normalized spacial score (nSPS) is 9.92. The molecule has 1 radical (unpaired) electrons. The first-order chi connectivity index (χ1) is 5.72. The van der Waals surface area contributed by atoms with Crippen LogP contribution in [0, 0.1) is 6.92 Å². The number of carbonyl (C=O) groups is 1. The van der Waals surface area contributed by atoms with Gasteiger partial charge in [0.1, 0.15) is 0 Å². The Morgan fingerprint density at radius 3 is 1.83 bits per heavy atom. The molecule has 2 heteroatoms. The van der Waals surface area contributed by atoms with Crippen molar-refractivity contribution in [1.29, 1.82) is 0 Å². The highest BCUT2D eigenvalue weighted by Crippen LogP contribution is 1.98. The minimum atomic E-state index is -0.0306. The predicted octanol–water partition coefficient (Wildman–Crippen LogP) is 2.25. The molecule has 0 saturated heterocycles. The van der Waals surface area contributed by atoms with Crippen LogP contribution in [0.2, 0.25) is 0 Å². The number of nitrogens with zero attached hydrogens (tertiary/aromatic N) is 1. The summed E-state index contributed by atoms with van der Waals surface area (Å²) >= 11 is 0. The Morgan fingerprint density at radius 1 is 1.17 bits per heavy atom. The zero-order chi connectivity index (χ0) is 9.40. The van der Waals surface area contributed by atoms with Crippen molar-refractivity contribution < 1.29 is 4.79 Å². The van der Waals surface area contributed by atoms with Gasteiger partial charge in [-0.3, -0.25) is 4.79 Å². The number of hydrogen-bond donors (Lipinski definition) is 0. The molecule has 0 spiro atoms. The van der Waals surface area contributed by atoms with Crippen molar-refractivity contribution in [2.45, 2.75) is 39.5 Å². The lowest BCUT2D eigenvalue weighted by molar-refractivity contribution is -0.126. The Kier molecular flexibility index (Phi) is 6.82. The average Bonchev–Trinajstić information content (AvgIpc) is 2.04. The first-order valence-corrected chi connectivity index (χ1v) is 4.83. The van der Waals surface area contributed by atoms with E-state index in [1.807, 2.05) is 4.90 Å². The molecule has 0 aliphatic rings. The van der Waals surface area contributed by atoms with Crippen molar-refractivity contribution in [1.82, 2.24) is 4.90 Å². The van der Waals surface area contributed by atoms with Crippen LogP contribution < -0.4 is 0 Å². The third-order valence-electron chi connectivity index (χ3n) is 1.92. The van der Waals surface area contributed by atoms with Crippen molar-refractivity contribution in [2.75, 3.05) is 13.1 Å². The van der Waals surface area contributed by atoms with Gasteiger partial charge in [-0.05, 0) is 12.8 Å². The first kappa shape index (κ1) is 11.5. The lowest BCUT2D eigenvalue weighted by atomic mass is 10.2. The minimum absolute atomic E-state index is 0.0306. The van der Waals surface area contributed by atoms with Crippen LogP contribution in [-0.4, -0.2) is 23.9 Å². The fourth-order valence-corrected chi connectivity index (χ4v) is 1.06. The molecular weight excluding hydrogens is 150 g/mol. The van der Waals surface area contributed by atoms with E-state index < -0.39 is 0 Å². The van der Waals surface area contributed by atoms with E-state index in [1.165, 1.54) is 0 Å². The summed E-state index contributed by atoms with van der Waals surface area (Å²) in [5.41, 5.74) is 0. The van der Waals surface area contributed by atoms with Gasteiger partial charge < -0.3 is 4.90 Å². The minimum Gasteiger partial charge on any atom is -0.343 e. The zero-order valence-electron chi connectivity index (χ0n) is 8.31. The van der Waals surface area contributed by atoms with E-state index >= 15 is 0 Å². The summed E-state index contributed by atoms with van der Waals surface area (Å²) in [7, 11) is 0. The van der Waals surface area contributed by atoms with Crippen molar-refractivity contribution in [2.24, 2.45) is 0 Å². The molecule has 0 aromatic heterocycles. The molecule has 2 nitrogen and oxygen atoms in total. The summed E-state index contributed by atoms with van der Waals surface area (Å²) < 4.78 is 0. The highest BCUT2D eigenvalue weighted by atomic mass is 16.2. The van der Waals surface area contributed by atoms with E-state index in [2.05, 4.69) is 20.8 Å². The molecule has 0 aliphatic heterocycles. The number of hydrogen-bond acceptors (Lipinski definition) is 1. The molecule has 0 saturated carbocycles. The number of carbonyl (C=O) groups excluding carboxylic acids is 1. The quantitative estimate of drug-likeness (QED) is 0.598. The SMILES string of the molecule is [CH2]C(=O)N(CCCC)CCCC. The predicted molar refractivity (Wildman–Crippen MR) is 51.8 cm³/mol. The highest BCUT2D eigenvalue weighted by Gasteiger charge is 2.05.